The van der Waals surface area contributed by atoms with Crippen LogP contribution in [0.4, 0.5) is 5.69 Å². The number of para-hydroxylation sites is 1. The molecule has 0 aromatic heterocycles. The number of unbranched alkanes of at least 4 members (excludes halogenated alkanes) is 4. The van der Waals surface area contributed by atoms with Gasteiger partial charge in [0.15, 0.2) is 0 Å². The fraction of sp³-hybridized carbons (Fsp3) is 0.464. The van der Waals surface area contributed by atoms with Crippen LogP contribution in [-0.2, 0) is 9.59 Å². The van der Waals surface area contributed by atoms with Crippen LogP contribution in [0.5, 0.6) is 0 Å². The van der Waals surface area contributed by atoms with E-state index in [-0.39, 0.29) is 17.7 Å². The van der Waals surface area contributed by atoms with Crippen molar-refractivity contribution in [3.8, 4) is 0 Å². The average Bonchev–Trinajstić information content (AvgIpc) is 2.95. The third-order valence-electron chi connectivity index (χ3n) is 6.35. The van der Waals surface area contributed by atoms with Gasteiger partial charge in [0.1, 0.15) is 0 Å². The Kier molecular flexibility index (Phi) is 9.23. The van der Waals surface area contributed by atoms with Crippen LogP contribution >= 0.6 is 0 Å². The largest absolute Gasteiger partial charge is 0.326 e. The van der Waals surface area contributed by atoms with E-state index >= 15 is 0 Å². The summed E-state index contributed by atoms with van der Waals surface area (Å²) in [5, 5.41) is 3.01. The van der Waals surface area contributed by atoms with Crippen molar-refractivity contribution in [1.82, 2.24) is 5.32 Å². The molecule has 2 aromatic carbocycles. The number of fused-ring (bicyclic) bond motifs is 1. The molecule has 1 aliphatic rings. The van der Waals surface area contributed by atoms with Gasteiger partial charge in [-0.2, -0.15) is 0 Å². The summed E-state index contributed by atoms with van der Waals surface area (Å²) in [6, 6.07) is 17.6. The lowest BCUT2D eigenvalue weighted by Gasteiger charge is -2.23. The minimum atomic E-state index is -0.940. The van der Waals surface area contributed by atoms with Gasteiger partial charge in [0, 0.05) is 24.1 Å². The van der Waals surface area contributed by atoms with E-state index in [9.17, 15) is 9.59 Å². The molecule has 0 spiro atoms. The number of benzene rings is 2. The van der Waals surface area contributed by atoms with Crippen molar-refractivity contribution < 1.29 is 9.59 Å². The van der Waals surface area contributed by atoms with Gasteiger partial charge in [-0.3, -0.25) is 9.59 Å². The lowest BCUT2D eigenvalue weighted by molar-refractivity contribution is -0.130. The standard InChI is InChI=1S/C28H37N3O2/c1-4-6-8-10-18-22(15-7-5-2)27(32)30-26-28(33)31(3)24-20-14-13-19-23(24)25(29-26)21-16-11-9-12-17-21/h9,11-14,16-17,19-20,22,26H,4-8,10,15,18H2,1-3H3,(H,30,32)/t22?,26-/m1/s1. The van der Waals surface area contributed by atoms with Gasteiger partial charge < -0.3 is 10.2 Å². The summed E-state index contributed by atoms with van der Waals surface area (Å²) in [5.74, 6) is -0.364. The molecule has 1 heterocycles. The number of nitrogens with zero attached hydrogens (tertiary/aromatic N) is 2. The second kappa shape index (κ2) is 12.3. The van der Waals surface area contributed by atoms with Crippen molar-refractivity contribution >= 4 is 23.2 Å². The fourth-order valence-corrected chi connectivity index (χ4v) is 4.37. The van der Waals surface area contributed by atoms with Crippen LogP contribution in [0, 0.1) is 5.92 Å². The molecule has 0 fully saturated rings. The smallest absolute Gasteiger partial charge is 0.272 e. The number of hydrogen-bond acceptors (Lipinski definition) is 3. The summed E-state index contributed by atoms with van der Waals surface area (Å²) in [7, 11) is 1.75. The van der Waals surface area contributed by atoms with Crippen LogP contribution < -0.4 is 10.2 Å². The molecule has 0 bridgehead atoms. The number of carbonyl (C=O) groups is 2. The quantitative estimate of drug-likeness (QED) is 0.448. The Bertz CT molecular complexity index is 955. The minimum Gasteiger partial charge on any atom is -0.326 e. The average molecular weight is 448 g/mol. The maximum Gasteiger partial charge on any atom is 0.272 e. The second-order valence-corrected chi connectivity index (χ2v) is 8.86. The summed E-state index contributed by atoms with van der Waals surface area (Å²) in [4.78, 5) is 33.1. The van der Waals surface area contributed by atoms with Gasteiger partial charge in [-0.15, -0.1) is 0 Å². The zero-order valence-corrected chi connectivity index (χ0v) is 20.2. The Morgan fingerprint density at radius 2 is 1.61 bits per heavy atom. The van der Waals surface area contributed by atoms with Gasteiger partial charge in [-0.1, -0.05) is 101 Å². The van der Waals surface area contributed by atoms with Crippen LogP contribution in [0.3, 0.4) is 0 Å². The maximum absolute atomic E-state index is 13.4. The number of hydrogen-bond donors (Lipinski definition) is 1. The monoisotopic (exact) mass is 447 g/mol. The first-order valence-corrected chi connectivity index (χ1v) is 12.4. The van der Waals surface area contributed by atoms with E-state index in [4.69, 9.17) is 4.99 Å². The highest BCUT2D eigenvalue weighted by molar-refractivity contribution is 6.20. The van der Waals surface area contributed by atoms with Crippen molar-refractivity contribution in [3.05, 3.63) is 65.7 Å². The molecule has 0 aliphatic carbocycles. The van der Waals surface area contributed by atoms with Crippen molar-refractivity contribution in [3.63, 3.8) is 0 Å². The summed E-state index contributed by atoms with van der Waals surface area (Å²) in [6.45, 7) is 4.33. The van der Waals surface area contributed by atoms with Gasteiger partial charge in [0.05, 0.1) is 11.4 Å². The highest BCUT2D eigenvalue weighted by atomic mass is 16.2. The molecular weight excluding hydrogens is 410 g/mol. The molecule has 5 nitrogen and oxygen atoms in total. The van der Waals surface area contributed by atoms with E-state index < -0.39 is 6.17 Å². The molecule has 2 atom stereocenters. The van der Waals surface area contributed by atoms with E-state index in [0.29, 0.717) is 0 Å². The number of likely N-dealkylation sites (N-methyl/N-ethyl adjacent to an activating group) is 1. The lowest BCUT2D eigenvalue weighted by Crippen LogP contribution is -2.47. The Balaban J connectivity index is 1.89. The van der Waals surface area contributed by atoms with Crippen LogP contribution in [0.1, 0.15) is 76.3 Å². The van der Waals surface area contributed by atoms with E-state index in [1.54, 1.807) is 11.9 Å². The normalized spacial score (nSPS) is 16.6. The Labute approximate surface area is 198 Å². The van der Waals surface area contributed by atoms with Gasteiger partial charge in [0.25, 0.3) is 5.91 Å². The predicted molar refractivity (Wildman–Crippen MR) is 136 cm³/mol. The fourth-order valence-electron chi connectivity index (χ4n) is 4.37. The number of anilines is 1. The van der Waals surface area contributed by atoms with Crippen molar-refractivity contribution in [2.45, 2.75) is 71.4 Å². The van der Waals surface area contributed by atoms with Crippen molar-refractivity contribution in [2.75, 3.05) is 11.9 Å². The minimum absolute atomic E-state index is 0.0613. The van der Waals surface area contributed by atoms with E-state index in [1.807, 2.05) is 54.6 Å². The van der Waals surface area contributed by atoms with E-state index in [2.05, 4.69) is 19.2 Å². The first kappa shape index (κ1) is 24.7. The highest BCUT2D eigenvalue weighted by Crippen LogP contribution is 2.27. The Hall–Kier alpha value is -2.95. The SMILES string of the molecule is CCCCCCC(CCCC)C(=O)N[C@H]1N=C(c2ccccc2)c2ccccc2N(C)C1=O. The molecule has 5 heteroatoms. The summed E-state index contributed by atoms with van der Waals surface area (Å²) in [5.41, 5.74) is 3.33. The van der Waals surface area contributed by atoms with E-state index in [0.717, 1.165) is 61.1 Å². The molecule has 1 N–H and O–H groups in total. The lowest BCUT2D eigenvalue weighted by atomic mass is 9.94. The number of amides is 2. The zero-order chi connectivity index (χ0) is 23.6. The molecule has 0 saturated heterocycles. The van der Waals surface area contributed by atoms with Crippen LogP contribution in [0.15, 0.2) is 59.6 Å². The summed E-state index contributed by atoms with van der Waals surface area (Å²) < 4.78 is 0. The molecule has 1 aliphatic heterocycles. The van der Waals surface area contributed by atoms with Gasteiger partial charge in [-0.25, -0.2) is 4.99 Å². The molecule has 0 saturated carbocycles. The molecule has 176 valence electrons. The maximum atomic E-state index is 13.4. The predicted octanol–water partition coefficient (Wildman–Crippen LogP) is 5.72. The van der Waals surface area contributed by atoms with Gasteiger partial charge in [-0.05, 0) is 18.9 Å². The molecule has 2 aromatic rings. The van der Waals surface area contributed by atoms with Crippen molar-refractivity contribution in [1.29, 1.82) is 0 Å². The number of nitrogens with one attached hydrogen (secondary N) is 1. The summed E-state index contributed by atoms with van der Waals surface area (Å²) in [6.07, 6.45) is 7.37. The second-order valence-electron chi connectivity index (χ2n) is 8.86. The zero-order valence-electron chi connectivity index (χ0n) is 20.2. The number of aliphatic imine (C=N–C) groups is 1. The molecule has 2 amide bonds. The van der Waals surface area contributed by atoms with Crippen LogP contribution in [0.2, 0.25) is 0 Å². The third kappa shape index (κ3) is 6.31. The van der Waals surface area contributed by atoms with E-state index in [1.165, 1.54) is 12.8 Å². The topological polar surface area (TPSA) is 61.8 Å². The Morgan fingerprint density at radius 3 is 2.33 bits per heavy atom. The third-order valence-corrected chi connectivity index (χ3v) is 6.35. The van der Waals surface area contributed by atoms with Crippen LogP contribution in [0.25, 0.3) is 0 Å². The van der Waals surface area contributed by atoms with Gasteiger partial charge in [0.2, 0.25) is 12.1 Å². The Morgan fingerprint density at radius 1 is 0.939 bits per heavy atom. The molecular formula is C28H37N3O2. The number of benzodiazepines with no additional fused rings is 1. The molecule has 0 radical (unpaired) electrons. The first-order valence-electron chi connectivity index (χ1n) is 12.4. The number of rotatable bonds is 11. The van der Waals surface area contributed by atoms with Gasteiger partial charge >= 0.3 is 0 Å². The van der Waals surface area contributed by atoms with Crippen LogP contribution in [-0.4, -0.2) is 30.7 Å². The molecule has 1 unspecified atom stereocenters. The van der Waals surface area contributed by atoms with Crippen molar-refractivity contribution in [2.24, 2.45) is 10.9 Å². The highest BCUT2D eigenvalue weighted by Gasteiger charge is 2.32. The first-order chi connectivity index (χ1) is 16.1. The molecule has 3 rings (SSSR count). The summed E-state index contributed by atoms with van der Waals surface area (Å²) >= 11 is 0. The molecule has 33 heavy (non-hydrogen) atoms. The number of carbonyl (C=O) groups excluding carboxylic acids is 2.